The molecule has 0 saturated heterocycles. The summed E-state index contributed by atoms with van der Waals surface area (Å²) in [5.74, 6) is 0. The Hall–Kier alpha value is -1.96. The summed E-state index contributed by atoms with van der Waals surface area (Å²) in [5.41, 5.74) is 3.27. The van der Waals surface area contributed by atoms with Gasteiger partial charge in [-0.15, -0.1) is 0 Å². The van der Waals surface area contributed by atoms with Gasteiger partial charge >= 0.3 is 0 Å². The molecule has 16 heavy (non-hydrogen) atoms. The Morgan fingerprint density at radius 1 is 0.750 bits per heavy atom. The molecule has 0 unspecified atom stereocenters. The average molecular weight is 211 g/mol. The molecule has 1 radical (unpaired) electrons. The van der Waals surface area contributed by atoms with Crippen molar-refractivity contribution in [1.29, 1.82) is 0 Å². The Labute approximate surface area is 96.3 Å². The van der Waals surface area contributed by atoms with Crippen LogP contribution in [0, 0.1) is 6.92 Å². The van der Waals surface area contributed by atoms with Gasteiger partial charge in [0, 0.05) is 23.6 Å². The van der Waals surface area contributed by atoms with E-state index < -0.39 is 0 Å². The lowest BCUT2D eigenvalue weighted by Crippen LogP contribution is -1.96. The van der Waals surface area contributed by atoms with E-state index in [-0.39, 0.29) is 0 Å². The first-order valence-corrected chi connectivity index (χ1v) is 5.34. The predicted molar refractivity (Wildman–Crippen MR) is 70.0 cm³/mol. The van der Waals surface area contributed by atoms with Gasteiger partial charge in [0.05, 0.1) is 0 Å². The normalized spacial score (nSPS) is 9.81. The van der Waals surface area contributed by atoms with Crippen molar-refractivity contribution in [3.05, 3.63) is 61.5 Å². The number of benzene rings is 2. The lowest BCUT2D eigenvalue weighted by molar-refractivity contribution is 1.34. The molecule has 0 bridgehead atoms. The second kappa shape index (κ2) is 5.21. The molecule has 0 heterocycles. The van der Waals surface area contributed by atoms with Gasteiger partial charge in [-0.05, 0) is 43.3 Å². The molecular weight excluding hydrogens is 196 g/mol. The van der Waals surface area contributed by atoms with E-state index in [2.05, 4.69) is 17.6 Å². The minimum atomic E-state index is 0.700. The van der Waals surface area contributed by atoms with E-state index in [0.717, 1.165) is 17.1 Å². The zero-order valence-electron chi connectivity index (χ0n) is 9.11. The molecule has 0 spiro atoms. The fraction of sp³-hybridized carbons (Fsp3) is 0.0714. The van der Waals surface area contributed by atoms with E-state index in [4.69, 9.17) is 0 Å². The van der Waals surface area contributed by atoms with E-state index in [1.54, 1.807) is 0 Å². The van der Waals surface area contributed by atoms with Crippen LogP contribution in [0.5, 0.6) is 0 Å². The first kappa shape index (κ1) is 10.6. The van der Waals surface area contributed by atoms with Gasteiger partial charge in [-0.25, -0.2) is 0 Å². The standard InChI is InChI=1S/C14H15N2/c1-2-15-12-8-10-14(11-9-12)16-13-6-4-3-5-7-13/h3-11,15-16H,1-2H2. The predicted octanol–water partition coefficient (Wildman–Crippen LogP) is 3.68. The van der Waals surface area contributed by atoms with Crippen LogP contribution in [-0.4, -0.2) is 6.54 Å². The first-order chi connectivity index (χ1) is 7.88. The summed E-state index contributed by atoms with van der Waals surface area (Å²) in [6.45, 7) is 4.44. The molecule has 0 aliphatic rings. The van der Waals surface area contributed by atoms with Gasteiger partial charge in [0.1, 0.15) is 0 Å². The summed E-state index contributed by atoms with van der Waals surface area (Å²) in [5, 5.41) is 6.49. The summed E-state index contributed by atoms with van der Waals surface area (Å²) in [7, 11) is 0. The third kappa shape index (κ3) is 2.76. The topological polar surface area (TPSA) is 24.1 Å². The quantitative estimate of drug-likeness (QED) is 0.806. The molecule has 0 saturated carbocycles. The molecule has 2 nitrogen and oxygen atoms in total. The highest BCUT2D eigenvalue weighted by Crippen LogP contribution is 2.18. The molecule has 2 aromatic rings. The molecule has 0 fully saturated rings. The zero-order valence-corrected chi connectivity index (χ0v) is 9.11. The van der Waals surface area contributed by atoms with Gasteiger partial charge in [0.15, 0.2) is 0 Å². The molecule has 2 N–H and O–H groups in total. The van der Waals surface area contributed by atoms with Gasteiger partial charge in [0.25, 0.3) is 0 Å². The van der Waals surface area contributed by atoms with Gasteiger partial charge in [-0.1, -0.05) is 18.2 Å². The minimum absolute atomic E-state index is 0.700. The largest absolute Gasteiger partial charge is 0.385 e. The van der Waals surface area contributed by atoms with Crippen LogP contribution in [-0.2, 0) is 0 Å². The number of nitrogens with one attached hydrogen (secondary N) is 2. The summed E-state index contributed by atoms with van der Waals surface area (Å²) in [4.78, 5) is 0. The SMILES string of the molecule is [CH2]CNc1ccc(Nc2ccccc2)cc1. The first-order valence-electron chi connectivity index (χ1n) is 5.34. The third-order valence-electron chi connectivity index (χ3n) is 2.28. The highest BCUT2D eigenvalue weighted by atomic mass is 14.9. The van der Waals surface area contributed by atoms with Crippen molar-refractivity contribution in [2.75, 3.05) is 17.2 Å². The molecule has 0 atom stereocenters. The maximum Gasteiger partial charge on any atom is 0.0385 e. The van der Waals surface area contributed by atoms with Crippen molar-refractivity contribution in [2.45, 2.75) is 0 Å². The lowest BCUT2D eigenvalue weighted by atomic mass is 10.2. The molecule has 0 aromatic heterocycles. The van der Waals surface area contributed by atoms with E-state index >= 15 is 0 Å². The zero-order chi connectivity index (χ0) is 11.2. The average Bonchev–Trinajstić information content (AvgIpc) is 2.33. The number of rotatable bonds is 4. The molecule has 0 amide bonds. The summed E-state index contributed by atoms with van der Waals surface area (Å²) < 4.78 is 0. The fourth-order valence-electron chi connectivity index (χ4n) is 1.50. The van der Waals surface area contributed by atoms with Crippen LogP contribution in [0.15, 0.2) is 54.6 Å². The maximum atomic E-state index is 3.74. The Bertz CT molecular complexity index is 420. The van der Waals surface area contributed by atoms with Crippen LogP contribution in [0.3, 0.4) is 0 Å². The summed E-state index contributed by atoms with van der Waals surface area (Å²) >= 11 is 0. The minimum Gasteiger partial charge on any atom is -0.385 e. The van der Waals surface area contributed by atoms with E-state index in [0.29, 0.717) is 6.54 Å². The van der Waals surface area contributed by atoms with Crippen molar-refractivity contribution in [3.8, 4) is 0 Å². The van der Waals surface area contributed by atoms with Crippen LogP contribution in [0.2, 0.25) is 0 Å². The molecule has 2 heteroatoms. The van der Waals surface area contributed by atoms with Crippen LogP contribution in [0.1, 0.15) is 0 Å². The molecule has 81 valence electrons. The van der Waals surface area contributed by atoms with Crippen molar-refractivity contribution in [2.24, 2.45) is 0 Å². The molecule has 2 rings (SSSR count). The number of hydrogen-bond donors (Lipinski definition) is 2. The number of hydrogen-bond acceptors (Lipinski definition) is 2. The summed E-state index contributed by atoms with van der Waals surface area (Å²) in [6.07, 6.45) is 0. The molecular formula is C14H15N2. The molecule has 0 aliphatic heterocycles. The Morgan fingerprint density at radius 3 is 1.94 bits per heavy atom. The highest BCUT2D eigenvalue weighted by molar-refractivity contribution is 5.62. The van der Waals surface area contributed by atoms with Gasteiger partial charge in [0.2, 0.25) is 0 Å². The summed E-state index contributed by atoms with van der Waals surface area (Å²) in [6, 6.07) is 18.3. The Morgan fingerprint density at radius 2 is 1.31 bits per heavy atom. The van der Waals surface area contributed by atoms with Crippen LogP contribution < -0.4 is 10.6 Å². The second-order valence-corrected chi connectivity index (χ2v) is 3.50. The fourth-order valence-corrected chi connectivity index (χ4v) is 1.50. The van der Waals surface area contributed by atoms with E-state index in [9.17, 15) is 0 Å². The van der Waals surface area contributed by atoms with Gasteiger partial charge in [-0.2, -0.15) is 0 Å². The molecule has 2 aromatic carbocycles. The van der Waals surface area contributed by atoms with Crippen LogP contribution >= 0.6 is 0 Å². The third-order valence-corrected chi connectivity index (χ3v) is 2.28. The van der Waals surface area contributed by atoms with Crippen molar-refractivity contribution >= 4 is 17.1 Å². The number of anilines is 3. The maximum absolute atomic E-state index is 3.74. The van der Waals surface area contributed by atoms with Crippen LogP contribution in [0.4, 0.5) is 17.1 Å². The van der Waals surface area contributed by atoms with Crippen LogP contribution in [0.25, 0.3) is 0 Å². The van der Waals surface area contributed by atoms with Crippen molar-refractivity contribution < 1.29 is 0 Å². The number of para-hydroxylation sites is 1. The van der Waals surface area contributed by atoms with Crippen molar-refractivity contribution in [1.82, 2.24) is 0 Å². The van der Waals surface area contributed by atoms with Crippen molar-refractivity contribution in [3.63, 3.8) is 0 Å². The second-order valence-electron chi connectivity index (χ2n) is 3.50. The highest BCUT2D eigenvalue weighted by Gasteiger charge is 1.94. The van der Waals surface area contributed by atoms with Gasteiger partial charge < -0.3 is 10.6 Å². The lowest BCUT2D eigenvalue weighted by Gasteiger charge is -2.07. The monoisotopic (exact) mass is 211 g/mol. The Kier molecular flexibility index (Phi) is 3.44. The molecule has 0 aliphatic carbocycles. The van der Waals surface area contributed by atoms with E-state index in [1.807, 2.05) is 54.6 Å². The Balaban J connectivity index is 2.05. The van der Waals surface area contributed by atoms with E-state index in [1.165, 1.54) is 0 Å². The van der Waals surface area contributed by atoms with Gasteiger partial charge in [-0.3, -0.25) is 0 Å². The smallest absolute Gasteiger partial charge is 0.0385 e.